The van der Waals surface area contributed by atoms with Gasteiger partial charge in [-0.2, -0.15) is 5.10 Å². The minimum absolute atomic E-state index is 0.409. The molecule has 0 radical (unpaired) electrons. The Bertz CT molecular complexity index is 800. The Kier molecular flexibility index (Phi) is 2.92. The molecule has 1 saturated carbocycles. The highest BCUT2D eigenvalue weighted by molar-refractivity contribution is 6.56. The minimum atomic E-state index is -0.642. The molecular weight excluding hydrogens is 278 g/mol. The molecule has 4 rings (SSSR count). The van der Waals surface area contributed by atoms with Gasteiger partial charge in [0, 0.05) is 23.3 Å². The molecule has 0 atom stereocenters. The van der Waals surface area contributed by atoms with Crippen LogP contribution < -0.4 is 5.32 Å². The lowest BCUT2D eigenvalue weighted by molar-refractivity contribution is -0.131. The molecule has 0 bridgehead atoms. The molecule has 1 aromatic carbocycles. The second-order valence-corrected chi connectivity index (χ2v) is 5.75. The molecule has 2 aliphatic rings. The molecule has 5 heteroatoms. The molecule has 1 amide bonds. The number of hydrogen-bond donors (Lipinski definition) is 2. The predicted molar refractivity (Wildman–Crippen MR) is 82.3 cm³/mol. The summed E-state index contributed by atoms with van der Waals surface area (Å²) in [6.45, 7) is 0. The van der Waals surface area contributed by atoms with Crippen LogP contribution in [-0.4, -0.2) is 21.9 Å². The largest absolute Gasteiger partial charge is 0.302 e. The van der Waals surface area contributed by atoms with E-state index in [2.05, 4.69) is 15.5 Å². The van der Waals surface area contributed by atoms with E-state index in [9.17, 15) is 9.59 Å². The van der Waals surface area contributed by atoms with Gasteiger partial charge in [-0.1, -0.05) is 30.3 Å². The van der Waals surface area contributed by atoms with Crippen LogP contribution in [0.25, 0.3) is 5.57 Å². The Labute approximate surface area is 127 Å². The van der Waals surface area contributed by atoms with Crippen molar-refractivity contribution in [3.63, 3.8) is 0 Å². The standard InChI is InChI=1S/C17H15N3O2/c21-16(13-8-7-10-3-1-2-4-12(10)13)17(22)18-15-9-14(19-20-15)11-5-6-11/h1-4,8-9,11H,5-7H2,(H2,18,19,20,22). The summed E-state index contributed by atoms with van der Waals surface area (Å²) >= 11 is 0. The third kappa shape index (κ3) is 2.24. The van der Waals surface area contributed by atoms with Crippen molar-refractivity contribution >= 4 is 23.1 Å². The number of carbonyl (C=O) groups excluding carboxylic acids is 2. The zero-order chi connectivity index (χ0) is 15.1. The topological polar surface area (TPSA) is 74.8 Å². The van der Waals surface area contributed by atoms with Gasteiger partial charge >= 0.3 is 0 Å². The Morgan fingerprint density at radius 2 is 2.05 bits per heavy atom. The molecule has 2 N–H and O–H groups in total. The smallest absolute Gasteiger partial charge is 0.297 e. The first kappa shape index (κ1) is 13.0. The summed E-state index contributed by atoms with van der Waals surface area (Å²) < 4.78 is 0. The van der Waals surface area contributed by atoms with E-state index < -0.39 is 11.7 Å². The molecule has 2 aromatic rings. The van der Waals surface area contributed by atoms with Gasteiger partial charge in [-0.05, 0) is 30.4 Å². The highest BCUT2D eigenvalue weighted by Gasteiger charge is 2.28. The molecule has 0 unspecified atom stereocenters. The van der Waals surface area contributed by atoms with Crippen molar-refractivity contribution in [1.82, 2.24) is 10.2 Å². The average molecular weight is 293 g/mol. The van der Waals surface area contributed by atoms with E-state index in [0.29, 0.717) is 23.7 Å². The van der Waals surface area contributed by atoms with Crippen molar-refractivity contribution in [3.05, 3.63) is 53.2 Å². The van der Waals surface area contributed by atoms with E-state index in [1.54, 1.807) is 6.07 Å². The zero-order valence-electron chi connectivity index (χ0n) is 11.9. The first-order valence-corrected chi connectivity index (χ1v) is 7.42. The van der Waals surface area contributed by atoms with Gasteiger partial charge in [-0.15, -0.1) is 0 Å². The SMILES string of the molecule is O=C(Nc1cc(C2CC2)[nH]n1)C(=O)C1=CCc2ccccc21. The van der Waals surface area contributed by atoms with Crippen LogP contribution in [0.3, 0.4) is 0 Å². The number of hydrogen-bond acceptors (Lipinski definition) is 3. The van der Waals surface area contributed by atoms with Crippen LogP contribution in [0.1, 0.15) is 35.6 Å². The normalized spacial score (nSPS) is 16.1. The summed E-state index contributed by atoms with van der Waals surface area (Å²) in [5.41, 5.74) is 3.43. The first-order chi connectivity index (χ1) is 10.7. The summed E-state index contributed by atoms with van der Waals surface area (Å²) in [4.78, 5) is 24.5. The van der Waals surface area contributed by atoms with E-state index in [1.807, 2.05) is 30.3 Å². The second-order valence-electron chi connectivity index (χ2n) is 5.75. The van der Waals surface area contributed by atoms with E-state index in [-0.39, 0.29) is 0 Å². The molecule has 2 aliphatic carbocycles. The van der Waals surface area contributed by atoms with E-state index in [1.165, 1.54) is 0 Å². The lowest BCUT2D eigenvalue weighted by atomic mass is 10.0. The van der Waals surface area contributed by atoms with Gasteiger partial charge in [0.15, 0.2) is 5.82 Å². The second kappa shape index (κ2) is 4.94. The molecular formula is C17H15N3O2. The number of fused-ring (bicyclic) bond motifs is 1. The lowest BCUT2D eigenvalue weighted by Gasteiger charge is -2.04. The highest BCUT2D eigenvalue weighted by Crippen LogP contribution is 2.39. The number of allylic oxidation sites excluding steroid dienone is 1. The number of Topliss-reactive ketones (excluding diaryl/α,β-unsaturated/α-hetero) is 1. The number of nitrogens with zero attached hydrogens (tertiary/aromatic N) is 1. The number of aromatic amines is 1. The Morgan fingerprint density at radius 1 is 1.23 bits per heavy atom. The third-order valence-electron chi connectivity index (χ3n) is 4.14. The van der Waals surface area contributed by atoms with E-state index >= 15 is 0 Å². The monoisotopic (exact) mass is 293 g/mol. The Balaban J connectivity index is 1.49. The van der Waals surface area contributed by atoms with Crippen molar-refractivity contribution in [2.24, 2.45) is 0 Å². The molecule has 5 nitrogen and oxygen atoms in total. The van der Waals surface area contributed by atoms with Gasteiger partial charge in [-0.25, -0.2) is 0 Å². The van der Waals surface area contributed by atoms with Crippen LogP contribution in [0, 0.1) is 0 Å². The van der Waals surface area contributed by atoms with Gasteiger partial charge in [0.2, 0.25) is 0 Å². The maximum Gasteiger partial charge on any atom is 0.297 e. The average Bonchev–Trinajstić information content (AvgIpc) is 3.13. The molecule has 0 aliphatic heterocycles. The number of amides is 1. The van der Waals surface area contributed by atoms with Crippen LogP contribution in [0.5, 0.6) is 0 Å². The fourth-order valence-corrected chi connectivity index (χ4v) is 2.80. The number of ketones is 1. The highest BCUT2D eigenvalue weighted by atomic mass is 16.2. The number of benzene rings is 1. The molecule has 1 fully saturated rings. The minimum Gasteiger partial charge on any atom is -0.302 e. The maximum atomic E-state index is 12.3. The van der Waals surface area contributed by atoms with Crippen LogP contribution in [-0.2, 0) is 16.0 Å². The van der Waals surface area contributed by atoms with Gasteiger partial charge in [0.1, 0.15) is 0 Å². The summed E-state index contributed by atoms with van der Waals surface area (Å²) in [7, 11) is 0. The number of nitrogens with one attached hydrogen (secondary N) is 2. The molecule has 0 spiro atoms. The molecule has 22 heavy (non-hydrogen) atoms. The lowest BCUT2D eigenvalue weighted by Crippen LogP contribution is -2.23. The van der Waals surface area contributed by atoms with Crippen LogP contribution in [0.4, 0.5) is 5.82 Å². The number of rotatable bonds is 4. The van der Waals surface area contributed by atoms with Gasteiger partial charge < -0.3 is 5.32 Å². The number of carbonyl (C=O) groups is 2. The van der Waals surface area contributed by atoms with Gasteiger partial charge in [0.05, 0.1) is 0 Å². The van der Waals surface area contributed by atoms with Crippen LogP contribution in [0.15, 0.2) is 36.4 Å². The first-order valence-electron chi connectivity index (χ1n) is 7.42. The zero-order valence-corrected chi connectivity index (χ0v) is 11.9. The van der Waals surface area contributed by atoms with Crippen LogP contribution in [0.2, 0.25) is 0 Å². The van der Waals surface area contributed by atoms with Gasteiger partial charge in [-0.3, -0.25) is 14.7 Å². The fraction of sp³-hybridized carbons (Fsp3) is 0.235. The van der Waals surface area contributed by atoms with E-state index in [4.69, 9.17) is 0 Å². The number of H-pyrrole nitrogens is 1. The van der Waals surface area contributed by atoms with Crippen molar-refractivity contribution < 1.29 is 9.59 Å². The van der Waals surface area contributed by atoms with Crippen molar-refractivity contribution in [2.75, 3.05) is 5.32 Å². The van der Waals surface area contributed by atoms with Crippen molar-refractivity contribution in [2.45, 2.75) is 25.2 Å². The third-order valence-corrected chi connectivity index (χ3v) is 4.14. The molecule has 1 heterocycles. The number of anilines is 1. The van der Waals surface area contributed by atoms with E-state index in [0.717, 1.165) is 29.7 Å². The van der Waals surface area contributed by atoms with Crippen molar-refractivity contribution in [1.29, 1.82) is 0 Å². The van der Waals surface area contributed by atoms with Gasteiger partial charge in [0.25, 0.3) is 11.7 Å². The summed E-state index contributed by atoms with van der Waals surface area (Å²) in [5.74, 6) is -0.219. The Morgan fingerprint density at radius 3 is 2.86 bits per heavy atom. The van der Waals surface area contributed by atoms with Crippen molar-refractivity contribution in [3.8, 4) is 0 Å². The summed E-state index contributed by atoms with van der Waals surface area (Å²) in [5, 5.41) is 9.53. The molecule has 1 aromatic heterocycles. The molecule has 0 saturated heterocycles. The summed E-state index contributed by atoms with van der Waals surface area (Å²) in [6.07, 6.45) is 4.81. The predicted octanol–water partition coefficient (Wildman–Crippen LogP) is 2.43. The Hall–Kier alpha value is -2.69. The fourth-order valence-electron chi connectivity index (χ4n) is 2.80. The van der Waals surface area contributed by atoms with Crippen LogP contribution >= 0.6 is 0 Å². The quantitative estimate of drug-likeness (QED) is 0.850. The molecule has 110 valence electrons. The maximum absolute atomic E-state index is 12.3. The number of aromatic nitrogens is 2. The summed E-state index contributed by atoms with van der Waals surface area (Å²) in [6, 6.07) is 9.46.